The van der Waals surface area contributed by atoms with Gasteiger partial charge in [0.1, 0.15) is 0 Å². The molecule has 0 bridgehead atoms. The summed E-state index contributed by atoms with van der Waals surface area (Å²) in [6, 6.07) is 0. The largest absolute Gasteiger partial charge is 0.366 e. The van der Waals surface area contributed by atoms with Gasteiger partial charge >= 0.3 is 6.41 Å². The lowest BCUT2D eigenvalue weighted by Gasteiger charge is -1.88. The van der Waals surface area contributed by atoms with E-state index in [2.05, 4.69) is 5.32 Å². The normalized spacial score (nSPS) is 9.60. The van der Waals surface area contributed by atoms with E-state index in [4.69, 9.17) is 5.73 Å². The van der Waals surface area contributed by atoms with Crippen LogP contribution in [0.1, 0.15) is 6.42 Å². The molecular weight excluding hydrogens is 132 g/mol. The molecule has 0 aliphatic rings. The van der Waals surface area contributed by atoms with Crippen LogP contribution in [0.4, 0.5) is 0 Å². The van der Waals surface area contributed by atoms with Crippen molar-refractivity contribution in [3.8, 4) is 0 Å². The summed E-state index contributed by atoms with van der Waals surface area (Å²) in [5.41, 5.74) is 4.78. The lowest BCUT2D eigenvalue weighted by Crippen LogP contribution is -2.11. The average molecular weight is 141 g/mol. The second-order valence-corrected chi connectivity index (χ2v) is 1.62. The fraction of sp³-hybridized carbons (Fsp3) is 0.333. The highest BCUT2D eigenvalue weighted by Gasteiger charge is 1.82. The Bertz CT molecular complexity index is 143. The van der Waals surface area contributed by atoms with Crippen molar-refractivity contribution >= 4 is 12.3 Å². The highest BCUT2D eigenvalue weighted by Crippen LogP contribution is 1.77. The van der Waals surface area contributed by atoms with Gasteiger partial charge in [-0.3, -0.25) is 9.59 Å². The molecule has 0 rings (SSSR count). The third-order valence-corrected chi connectivity index (χ3v) is 0.790. The monoisotopic (exact) mass is 141 g/mol. The number of carbonyl (C=O) groups is 1. The van der Waals surface area contributed by atoms with Crippen LogP contribution < -0.4 is 11.1 Å². The van der Waals surface area contributed by atoms with Crippen LogP contribution in [0.5, 0.6) is 0 Å². The van der Waals surface area contributed by atoms with Crippen LogP contribution in [-0.4, -0.2) is 18.9 Å². The van der Waals surface area contributed by atoms with Crippen molar-refractivity contribution in [3.05, 3.63) is 12.2 Å². The van der Waals surface area contributed by atoms with Gasteiger partial charge in [-0.05, 0) is 12.5 Å². The maximum atomic E-state index is 10.1. The number of hydrogen-bond acceptors (Lipinski definition) is 2. The molecule has 0 aromatic carbocycles. The molecule has 0 aromatic heterocycles. The number of primary amides is 1. The second-order valence-electron chi connectivity index (χ2n) is 1.62. The quantitative estimate of drug-likeness (QED) is 0.295. The van der Waals surface area contributed by atoms with Gasteiger partial charge in [0.2, 0.25) is 5.91 Å². The maximum absolute atomic E-state index is 10.1. The molecule has 0 aliphatic heterocycles. The van der Waals surface area contributed by atoms with E-state index in [1.165, 1.54) is 12.5 Å². The summed E-state index contributed by atoms with van der Waals surface area (Å²) in [6.45, 7) is 0.479. The number of hydrogen-bond donors (Lipinski definition) is 2. The van der Waals surface area contributed by atoms with Crippen molar-refractivity contribution in [3.63, 3.8) is 0 Å². The topological polar surface area (TPSA) is 72.2 Å². The van der Waals surface area contributed by atoms with E-state index in [9.17, 15) is 9.59 Å². The Morgan fingerprint density at radius 2 is 2.40 bits per heavy atom. The van der Waals surface area contributed by atoms with Crippen LogP contribution >= 0.6 is 0 Å². The molecule has 0 atom stereocenters. The lowest BCUT2D eigenvalue weighted by atomic mass is 10.4. The molecular formula is C6H9N2O2. The number of rotatable bonds is 5. The van der Waals surface area contributed by atoms with Gasteiger partial charge in [-0.2, -0.15) is 0 Å². The minimum atomic E-state index is -0.477. The zero-order valence-corrected chi connectivity index (χ0v) is 5.46. The Balaban J connectivity index is 3.18. The summed E-state index contributed by atoms with van der Waals surface area (Å²) in [5.74, 6) is -0.477. The Kier molecular flexibility index (Phi) is 5.04. The van der Waals surface area contributed by atoms with Gasteiger partial charge in [-0.1, -0.05) is 6.08 Å². The van der Waals surface area contributed by atoms with Crippen LogP contribution in [0.25, 0.3) is 0 Å². The van der Waals surface area contributed by atoms with Gasteiger partial charge in [0, 0.05) is 6.54 Å². The summed E-state index contributed by atoms with van der Waals surface area (Å²) in [6.07, 6.45) is 4.95. The lowest BCUT2D eigenvalue weighted by molar-refractivity contribution is -0.113. The van der Waals surface area contributed by atoms with E-state index < -0.39 is 5.91 Å². The highest BCUT2D eigenvalue weighted by atomic mass is 16.1. The third-order valence-electron chi connectivity index (χ3n) is 0.790. The number of nitrogens with one attached hydrogen (secondary N) is 1. The summed E-state index contributed by atoms with van der Waals surface area (Å²) in [4.78, 5) is 19.6. The average Bonchev–Trinajstić information content (AvgIpc) is 1.87. The molecule has 4 heteroatoms. The van der Waals surface area contributed by atoms with Crippen LogP contribution in [-0.2, 0) is 9.59 Å². The van der Waals surface area contributed by atoms with Crippen LogP contribution in [0.3, 0.4) is 0 Å². The second kappa shape index (κ2) is 5.81. The molecule has 0 fully saturated rings. The Hall–Kier alpha value is -1.32. The molecule has 0 saturated carbocycles. The zero-order chi connectivity index (χ0) is 7.82. The van der Waals surface area contributed by atoms with Crippen LogP contribution in [0.15, 0.2) is 12.2 Å². The molecule has 0 aromatic rings. The Morgan fingerprint density at radius 3 is 2.90 bits per heavy atom. The third kappa shape index (κ3) is 6.68. The smallest absolute Gasteiger partial charge is 0.309 e. The van der Waals surface area contributed by atoms with Gasteiger partial charge in [-0.15, -0.1) is 0 Å². The minimum absolute atomic E-state index is 0.477. The van der Waals surface area contributed by atoms with E-state index in [0.717, 1.165) is 0 Å². The van der Waals surface area contributed by atoms with Gasteiger partial charge in [-0.25, -0.2) is 0 Å². The number of nitrogens with two attached hydrogens (primary N) is 1. The van der Waals surface area contributed by atoms with Crippen molar-refractivity contribution in [2.75, 3.05) is 6.54 Å². The summed E-state index contributed by atoms with van der Waals surface area (Å²) in [5, 5.41) is 2.31. The number of amides is 2. The van der Waals surface area contributed by atoms with Crippen LogP contribution in [0.2, 0.25) is 0 Å². The summed E-state index contributed by atoms with van der Waals surface area (Å²) in [7, 11) is 0. The van der Waals surface area contributed by atoms with Gasteiger partial charge in [0.25, 0.3) is 0 Å². The van der Waals surface area contributed by atoms with E-state index in [-0.39, 0.29) is 0 Å². The molecule has 0 saturated heterocycles. The Morgan fingerprint density at radius 1 is 1.70 bits per heavy atom. The highest BCUT2D eigenvalue weighted by molar-refractivity contribution is 5.85. The molecule has 0 unspecified atom stereocenters. The van der Waals surface area contributed by atoms with Gasteiger partial charge in [0.05, 0.1) is 0 Å². The summed E-state index contributed by atoms with van der Waals surface area (Å²) < 4.78 is 0. The molecule has 10 heavy (non-hydrogen) atoms. The van der Waals surface area contributed by atoms with E-state index in [1.54, 1.807) is 6.08 Å². The van der Waals surface area contributed by atoms with Crippen molar-refractivity contribution in [1.29, 1.82) is 0 Å². The molecule has 0 spiro atoms. The molecule has 55 valence electrons. The summed E-state index contributed by atoms with van der Waals surface area (Å²) >= 11 is 0. The van der Waals surface area contributed by atoms with E-state index in [1.807, 2.05) is 0 Å². The van der Waals surface area contributed by atoms with E-state index >= 15 is 0 Å². The van der Waals surface area contributed by atoms with Crippen molar-refractivity contribution in [2.24, 2.45) is 5.73 Å². The zero-order valence-electron chi connectivity index (χ0n) is 5.46. The van der Waals surface area contributed by atoms with Gasteiger partial charge < -0.3 is 11.1 Å². The molecule has 0 heterocycles. The first-order chi connectivity index (χ1) is 4.77. The SMILES string of the molecule is NC(=O)/C=C/CCN[C]=O. The van der Waals surface area contributed by atoms with Gasteiger partial charge in [0.15, 0.2) is 0 Å². The first-order valence-corrected chi connectivity index (χ1v) is 2.83. The fourth-order valence-corrected chi connectivity index (χ4v) is 0.406. The predicted molar refractivity (Wildman–Crippen MR) is 36.6 cm³/mol. The predicted octanol–water partition coefficient (Wildman–Crippen LogP) is -0.925. The van der Waals surface area contributed by atoms with Crippen molar-refractivity contribution < 1.29 is 9.59 Å². The van der Waals surface area contributed by atoms with Crippen LogP contribution in [0, 0.1) is 0 Å². The van der Waals surface area contributed by atoms with E-state index in [0.29, 0.717) is 13.0 Å². The standard InChI is InChI=1S/C6H9N2O2/c7-6(10)3-1-2-4-8-5-9/h1,3H,2,4H2,(H2,7,10)(H,8,9)/b3-1+. The van der Waals surface area contributed by atoms with Crippen molar-refractivity contribution in [1.82, 2.24) is 5.32 Å². The maximum Gasteiger partial charge on any atom is 0.309 e. The van der Waals surface area contributed by atoms with Crippen molar-refractivity contribution in [2.45, 2.75) is 6.42 Å². The minimum Gasteiger partial charge on any atom is -0.366 e. The molecule has 0 aliphatic carbocycles. The fourth-order valence-electron chi connectivity index (χ4n) is 0.406. The molecule has 4 nitrogen and oxygen atoms in total. The first kappa shape index (κ1) is 8.68. The first-order valence-electron chi connectivity index (χ1n) is 2.83. The molecule has 2 amide bonds. The number of carbonyl (C=O) groups excluding carboxylic acids is 2. The Labute approximate surface area is 59.1 Å². The molecule has 3 N–H and O–H groups in total. The molecule has 1 radical (unpaired) electrons.